The molecular formula is C12H14N2O2. The fourth-order valence-corrected chi connectivity index (χ4v) is 1.34. The molecule has 0 aliphatic heterocycles. The van der Waals surface area contributed by atoms with Gasteiger partial charge in [0.15, 0.2) is 0 Å². The number of hydrogen-bond acceptors (Lipinski definition) is 3. The maximum atomic E-state index is 11.7. The summed E-state index contributed by atoms with van der Waals surface area (Å²) in [6.45, 7) is 0.105. The highest BCUT2D eigenvalue weighted by Gasteiger charge is 2.11. The molecule has 0 saturated heterocycles. The molecule has 0 fully saturated rings. The van der Waals surface area contributed by atoms with Crippen LogP contribution in [0.15, 0.2) is 24.3 Å². The molecule has 0 aliphatic carbocycles. The zero-order chi connectivity index (χ0) is 12.0. The Kier molecular flexibility index (Phi) is 4.34. The maximum Gasteiger partial charge on any atom is 0.227 e. The summed E-state index contributed by atoms with van der Waals surface area (Å²) < 4.78 is 5.15. The highest BCUT2D eigenvalue weighted by molar-refractivity contribution is 5.79. The number of para-hydroxylation sites is 1. The summed E-state index contributed by atoms with van der Waals surface area (Å²) >= 11 is 0. The van der Waals surface area contributed by atoms with Crippen LogP contribution in [0.4, 0.5) is 0 Å². The van der Waals surface area contributed by atoms with Crippen molar-refractivity contribution in [1.29, 1.82) is 5.26 Å². The van der Waals surface area contributed by atoms with Crippen LogP contribution in [0.2, 0.25) is 0 Å². The van der Waals surface area contributed by atoms with E-state index in [2.05, 4.69) is 0 Å². The van der Waals surface area contributed by atoms with Gasteiger partial charge >= 0.3 is 0 Å². The predicted octanol–water partition coefficient (Wildman–Crippen LogP) is 1.22. The molecule has 0 radical (unpaired) electrons. The first-order chi connectivity index (χ1) is 7.69. The number of nitrogens with zero attached hydrogens (tertiary/aromatic N) is 2. The third-order valence-electron chi connectivity index (χ3n) is 2.27. The van der Waals surface area contributed by atoms with E-state index in [0.29, 0.717) is 5.75 Å². The molecule has 4 heteroatoms. The number of likely N-dealkylation sites (N-methyl/N-ethyl adjacent to an activating group) is 1. The first-order valence-electron chi connectivity index (χ1n) is 4.92. The van der Waals surface area contributed by atoms with Gasteiger partial charge in [0.1, 0.15) is 12.3 Å². The summed E-state index contributed by atoms with van der Waals surface area (Å²) in [5.74, 6) is 0.604. The highest BCUT2D eigenvalue weighted by Crippen LogP contribution is 2.18. The largest absolute Gasteiger partial charge is 0.496 e. The second kappa shape index (κ2) is 5.76. The number of rotatable bonds is 4. The number of benzene rings is 1. The average molecular weight is 218 g/mol. The van der Waals surface area contributed by atoms with E-state index in [1.54, 1.807) is 14.2 Å². The van der Waals surface area contributed by atoms with Gasteiger partial charge in [0.05, 0.1) is 19.6 Å². The standard InChI is InChI=1S/C12H14N2O2/c1-14(8-7-13)12(15)9-10-5-3-4-6-11(10)16-2/h3-6H,8-9H2,1-2H3. The van der Waals surface area contributed by atoms with E-state index in [1.165, 1.54) is 4.90 Å². The van der Waals surface area contributed by atoms with Crippen molar-refractivity contribution in [2.24, 2.45) is 0 Å². The molecule has 0 unspecified atom stereocenters. The Bertz CT molecular complexity index is 410. The van der Waals surface area contributed by atoms with Gasteiger partial charge in [-0.2, -0.15) is 5.26 Å². The van der Waals surface area contributed by atoms with Gasteiger partial charge < -0.3 is 9.64 Å². The van der Waals surface area contributed by atoms with Crippen LogP contribution in [0.3, 0.4) is 0 Å². The van der Waals surface area contributed by atoms with Crippen molar-refractivity contribution in [2.75, 3.05) is 20.7 Å². The smallest absolute Gasteiger partial charge is 0.227 e. The topological polar surface area (TPSA) is 53.3 Å². The Morgan fingerprint density at radius 2 is 2.19 bits per heavy atom. The van der Waals surface area contributed by atoms with E-state index in [1.807, 2.05) is 30.3 Å². The molecule has 0 N–H and O–H groups in total. The molecule has 4 nitrogen and oxygen atoms in total. The number of methoxy groups -OCH3 is 1. The molecule has 1 aromatic rings. The minimum Gasteiger partial charge on any atom is -0.496 e. The third kappa shape index (κ3) is 2.99. The molecule has 0 atom stereocenters. The van der Waals surface area contributed by atoms with Crippen LogP contribution in [0, 0.1) is 11.3 Å². The van der Waals surface area contributed by atoms with E-state index in [4.69, 9.17) is 10.00 Å². The summed E-state index contributed by atoms with van der Waals surface area (Å²) in [5.41, 5.74) is 0.833. The molecule has 1 amide bonds. The Labute approximate surface area is 95.0 Å². The Hall–Kier alpha value is -2.02. The summed E-state index contributed by atoms with van der Waals surface area (Å²) in [6.07, 6.45) is 0.252. The third-order valence-corrected chi connectivity index (χ3v) is 2.27. The van der Waals surface area contributed by atoms with Gasteiger partial charge in [0.25, 0.3) is 0 Å². The number of hydrogen-bond donors (Lipinski definition) is 0. The molecular weight excluding hydrogens is 204 g/mol. The van der Waals surface area contributed by atoms with Gasteiger partial charge in [-0.05, 0) is 6.07 Å². The molecule has 0 bridgehead atoms. The quantitative estimate of drug-likeness (QED) is 0.714. The monoisotopic (exact) mass is 218 g/mol. The zero-order valence-corrected chi connectivity index (χ0v) is 9.43. The minimum absolute atomic E-state index is 0.0916. The first kappa shape index (κ1) is 12.1. The van der Waals surface area contributed by atoms with Crippen LogP contribution in [0.1, 0.15) is 5.56 Å². The average Bonchev–Trinajstić information content (AvgIpc) is 2.30. The van der Waals surface area contributed by atoms with Crippen LogP contribution in [-0.2, 0) is 11.2 Å². The maximum absolute atomic E-state index is 11.7. The van der Waals surface area contributed by atoms with Crippen LogP contribution >= 0.6 is 0 Å². The van der Waals surface area contributed by atoms with Crippen LogP contribution in [0.5, 0.6) is 5.75 Å². The van der Waals surface area contributed by atoms with Gasteiger partial charge in [-0.25, -0.2) is 0 Å². The number of ether oxygens (including phenoxy) is 1. The van der Waals surface area contributed by atoms with Crippen molar-refractivity contribution in [3.8, 4) is 11.8 Å². The molecule has 0 aromatic heterocycles. The molecule has 0 saturated carbocycles. The second-order valence-electron chi connectivity index (χ2n) is 3.40. The summed E-state index contributed by atoms with van der Waals surface area (Å²) in [7, 11) is 3.18. The molecule has 0 aliphatic rings. The zero-order valence-electron chi connectivity index (χ0n) is 9.43. The number of carbonyl (C=O) groups is 1. The number of carbonyl (C=O) groups excluding carboxylic acids is 1. The van der Waals surface area contributed by atoms with E-state index in [0.717, 1.165) is 5.56 Å². The lowest BCUT2D eigenvalue weighted by molar-refractivity contribution is -0.128. The van der Waals surface area contributed by atoms with Crippen molar-refractivity contribution in [2.45, 2.75) is 6.42 Å². The lowest BCUT2D eigenvalue weighted by Gasteiger charge is -2.14. The van der Waals surface area contributed by atoms with Gasteiger partial charge in [-0.15, -0.1) is 0 Å². The lowest BCUT2D eigenvalue weighted by Crippen LogP contribution is -2.28. The van der Waals surface area contributed by atoms with E-state index >= 15 is 0 Å². The Morgan fingerprint density at radius 1 is 1.50 bits per heavy atom. The van der Waals surface area contributed by atoms with Gasteiger partial charge in [-0.3, -0.25) is 4.79 Å². The molecule has 84 valence electrons. The summed E-state index contributed by atoms with van der Waals surface area (Å²) in [6, 6.07) is 9.30. The fraction of sp³-hybridized carbons (Fsp3) is 0.333. The number of nitriles is 1. The lowest BCUT2D eigenvalue weighted by atomic mass is 10.1. The molecule has 0 heterocycles. The first-order valence-corrected chi connectivity index (χ1v) is 4.92. The molecule has 1 aromatic carbocycles. The van der Waals surface area contributed by atoms with Crippen molar-refractivity contribution in [3.63, 3.8) is 0 Å². The molecule has 16 heavy (non-hydrogen) atoms. The van der Waals surface area contributed by atoms with E-state index < -0.39 is 0 Å². The SMILES string of the molecule is COc1ccccc1CC(=O)N(C)CC#N. The molecule has 0 spiro atoms. The van der Waals surface area contributed by atoms with Crippen LogP contribution < -0.4 is 4.74 Å². The van der Waals surface area contributed by atoms with Gasteiger partial charge in [0.2, 0.25) is 5.91 Å². The van der Waals surface area contributed by atoms with Crippen molar-refractivity contribution >= 4 is 5.91 Å². The van der Waals surface area contributed by atoms with Gasteiger partial charge in [0, 0.05) is 12.6 Å². The van der Waals surface area contributed by atoms with Crippen molar-refractivity contribution < 1.29 is 9.53 Å². The minimum atomic E-state index is -0.0916. The van der Waals surface area contributed by atoms with E-state index in [9.17, 15) is 4.79 Å². The van der Waals surface area contributed by atoms with Crippen LogP contribution in [0.25, 0.3) is 0 Å². The second-order valence-corrected chi connectivity index (χ2v) is 3.40. The van der Waals surface area contributed by atoms with Crippen molar-refractivity contribution in [1.82, 2.24) is 4.90 Å². The van der Waals surface area contributed by atoms with Crippen LogP contribution in [-0.4, -0.2) is 31.5 Å². The fourth-order valence-electron chi connectivity index (χ4n) is 1.34. The van der Waals surface area contributed by atoms with E-state index in [-0.39, 0.29) is 18.9 Å². The highest BCUT2D eigenvalue weighted by atomic mass is 16.5. The van der Waals surface area contributed by atoms with Crippen molar-refractivity contribution in [3.05, 3.63) is 29.8 Å². The Balaban J connectivity index is 2.73. The number of amides is 1. The summed E-state index contributed by atoms with van der Waals surface area (Å²) in [5, 5.41) is 8.48. The summed E-state index contributed by atoms with van der Waals surface area (Å²) in [4.78, 5) is 13.1. The Morgan fingerprint density at radius 3 is 2.81 bits per heavy atom. The normalized spacial score (nSPS) is 9.31. The molecule has 1 rings (SSSR count). The predicted molar refractivity (Wildman–Crippen MR) is 59.9 cm³/mol. The van der Waals surface area contributed by atoms with Gasteiger partial charge in [-0.1, -0.05) is 18.2 Å².